The van der Waals surface area contributed by atoms with Gasteiger partial charge in [0, 0.05) is 16.6 Å². The number of hydrogen-bond acceptors (Lipinski definition) is 4. The topological polar surface area (TPSA) is 86.3 Å². The average Bonchev–Trinajstić information content (AvgIpc) is 2.07. The summed E-state index contributed by atoms with van der Waals surface area (Å²) in [6.45, 7) is 0. The first-order chi connectivity index (χ1) is 6.43. The van der Waals surface area contributed by atoms with Crippen LogP contribution in [0.5, 0.6) is 0 Å². The molecule has 0 aromatic heterocycles. The van der Waals surface area contributed by atoms with Crippen LogP contribution in [0.1, 0.15) is 0 Å². The predicted octanol–water partition coefficient (Wildman–Crippen LogP) is 2.40. The van der Waals surface area contributed by atoms with Crippen molar-refractivity contribution in [2.45, 2.75) is 0 Å². The minimum atomic E-state index is -1.44. The second-order valence-corrected chi connectivity index (χ2v) is 3.19. The summed E-state index contributed by atoms with van der Waals surface area (Å²) in [4.78, 5) is 18.5. The summed E-state index contributed by atoms with van der Waals surface area (Å²) in [7, 11) is 0. The lowest BCUT2D eigenvalue weighted by atomic mass is 10.3. The Bertz CT molecular complexity index is 387. The molecule has 0 N–H and O–H groups in total. The molecule has 1 rings (SSSR count). The van der Waals surface area contributed by atoms with Gasteiger partial charge in [-0.25, -0.2) is 0 Å². The SMILES string of the molecule is O=[N+]([O-])c1cc(Br)cc([N+](=O)[O-])c1F. The Hall–Kier alpha value is -1.57. The van der Waals surface area contributed by atoms with Crippen LogP contribution in [0.25, 0.3) is 0 Å². The van der Waals surface area contributed by atoms with E-state index < -0.39 is 27.0 Å². The summed E-state index contributed by atoms with van der Waals surface area (Å²) in [5.74, 6) is -1.44. The molecular formula is C6H2BrFN2O4. The highest BCUT2D eigenvalue weighted by molar-refractivity contribution is 9.10. The third-order valence-electron chi connectivity index (χ3n) is 1.39. The third kappa shape index (κ3) is 1.84. The Morgan fingerprint density at radius 1 is 1.14 bits per heavy atom. The van der Waals surface area contributed by atoms with E-state index in [-0.39, 0.29) is 4.47 Å². The summed E-state index contributed by atoms with van der Waals surface area (Å²) < 4.78 is 13.1. The van der Waals surface area contributed by atoms with E-state index in [1.165, 1.54) is 0 Å². The molecule has 0 spiro atoms. The molecule has 0 aliphatic carbocycles. The standard InChI is InChI=1S/C6H2BrFN2O4/c7-3-1-4(9(11)12)6(8)5(2-3)10(13)14/h1-2H. The fourth-order valence-electron chi connectivity index (χ4n) is 0.827. The van der Waals surface area contributed by atoms with Crippen LogP contribution in [0.4, 0.5) is 15.8 Å². The third-order valence-corrected chi connectivity index (χ3v) is 1.85. The normalized spacial score (nSPS) is 9.86. The minimum Gasteiger partial charge on any atom is -0.258 e. The molecule has 0 amide bonds. The van der Waals surface area contributed by atoms with E-state index in [0.717, 1.165) is 12.1 Å². The summed E-state index contributed by atoms with van der Waals surface area (Å²) in [5.41, 5.74) is -1.85. The van der Waals surface area contributed by atoms with Gasteiger partial charge in [0.1, 0.15) is 0 Å². The van der Waals surface area contributed by atoms with Crippen molar-refractivity contribution in [1.29, 1.82) is 0 Å². The van der Waals surface area contributed by atoms with E-state index in [0.29, 0.717) is 0 Å². The quantitative estimate of drug-likeness (QED) is 0.606. The van der Waals surface area contributed by atoms with Gasteiger partial charge in [-0.05, 0) is 0 Å². The molecule has 1 aromatic rings. The molecule has 0 unspecified atom stereocenters. The number of halogens is 2. The fraction of sp³-hybridized carbons (Fsp3) is 0. The van der Waals surface area contributed by atoms with Crippen LogP contribution >= 0.6 is 15.9 Å². The zero-order chi connectivity index (χ0) is 10.9. The van der Waals surface area contributed by atoms with Crippen molar-refractivity contribution in [2.24, 2.45) is 0 Å². The summed E-state index contributed by atoms with van der Waals surface area (Å²) in [6.07, 6.45) is 0. The highest BCUT2D eigenvalue weighted by Crippen LogP contribution is 2.30. The van der Waals surface area contributed by atoms with Crippen LogP contribution < -0.4 is 0 Å². The fourth-order valence-corrected chi connectivity index (χ4v) is 1.26. The number of hydrogen-bond donors (Lipinski definition) is 0. The molecule has 6 nitrogen and oxygen atoms in total. The van der Waals surface area contributed by atoms with E-state index in [1.54, 1.807) is 0 Å². The number of rotatable bonds is 2. The van der Waals surface area contributed by atoms with Crippen LogP contribution in [-0.4, -0.2) is 9.85 Å². The summed E-state index contributed by atoms with van der Waals surface area (Å²) >= 11 is 2.81. The van der Waals surface area contributed by atoms with Crippen molar-refractivity contribution in [3.63, 3.8) is 0 Å². The zero-order valence-electron chi connectivity index (χ0n) is 6.44. The smallest absolute Gasteiger partial charge is 0.258 e. The van der Waals surface area contributed by atoms with Gasteiger partial charge in [-0.15, -0.1) is 0 Å². The predicted molar refractivity (Wildman–Crippen MR) is 47.4 cm³/mol. The van der Waals surface area contributed by atoms with Gasteiger partial charge in [-0.1, -0.05) is 15.9 Å². The monoisotopic (exact) mass is 264 g/mol. The van der Waals surface area contributed by atoms with Gasteiger partial charge in [-0.3, -0.25) is 20.2 Å². The molecule has 74 valence electrons. The van der Waals surface area contributed by atoms with Crippen LogP contribution in [-0.2, 0) is 0 Å². The van der Waals surface area contributed by atoms with Gasteiger partial charge >= 0.3 is 11.4 Å². The van der Waals surface area contributed by atoms with Crippen molar-refractivity contribution in [1.82, 2.24) is 0 Å². The van der Waals surface area contributed by atoms with Gasteiger partial charge in [0.25, 0.3) is 5.82 Å². The molecule has 0 bridgehead atoms. The van der Waals surface area contributed by atoms with Gasteiger partial charge < -0.3 is 0 Å². The maximum atomic E-state index is 13.0. The van der Waals surface area contributed by atoms with Crippen LogP contribution in [0.3, 0.4) is 0 Å². The van der Waals surface area contributed by atoms with Crippen LogP contribution in [0, 0.1) is 26.0 Å². The van der Waals surface area contributed by atoms with Gasteiger partial charge in [0.05, 0.1) is 9.85 Å². The Balaban J connectivity index is 3.47. The Morgan fingerprint density at radius 2 is 1.50 bits per heavy atom. The van der Waals surface area contributed by atoms with E-state index in [1.807, 2.05) is 0 Å². The number of nitrogens with zero attached hydrogens (tertiary/aromatic N) is 2. The van der Waals surface area contributed by atoms with Crippen molar-refractivity contribution in [3.8, 4) is 0 Å². The minimum absolute atomic E-state index is 0.0808. The van der Waals surface area contributed by atoms with E-state index in [4.69, 9.17) is 0 Å². The second-order valence-electron chi connectivity index (χ2n) is 2.27. The van der Waals surface area contributed by atoms with Gasteiger partial charge in [0.2, 0.25) is 0 Å². The molecule has 1 aromatic carbocycles. The highest BCUT2D eigenvalue weighted by atomic mass is 79.9. The van der Waals surface area contributed by atoms with E-state index in [2.05, 4.69) is 15.9 Å². The number of nitro groups is 2. The molecule has 0 saturated heterocycles. The maximum absolute atomic E-state index is 13.0. The Kier molecular flexibility index (Phi) is 2.75. The first-order valence-corrected chi connectivity index (χ1v) is 4.00. The molecule has 0 radical (unpaired) electrons. The lowest BCUT2D eigenvalue weighted by Gasteiger charge is -1.96. The molecule has 14 heavy (non-hydrogen) atoms. The molecular weight excluding hydrogens is 263 g/mol. The zero-order valence-corrected chi connectivity index (χ0v) is 8.02. The van der Waals surface area contributed by atoms with Gasteiger partial charge in [0.15, 0.2) is 0 Å². The first-order valence-electron chi connectivity index (χ1n) is 3.21. The van der Waals surface area contributed by atoms with E-state index >= 15 is 0 Å². The molecule has 0 aliphatic heterocycles. The number of nitro benzene ring substituents is 2. The highest BCUT2D eigenvalue weighted by Gasteiger charge is 2.26. The molecule has 0 fully saturated rings. The maximum Gasteiger partial charge on any atom is 0.313 e. The summed E-state index contributed by atoms with van der Waals surface area (Å²) in [5, 5.41) is 20.5. The molecule has 0 heterocycles. The second kappa shape index (κ2) is 3.66. The Labute approximate surface area is 84.8 Å². The first kappa shape index (κ1) is 10.5. The lowest BCUT2D eigenvalue weighted by molar-refractivity contribution is -0.399. The van der Waals surface area contributed by atoms with Crippen LogP contribution in [0.2, 0.25) is 0 Å². The average molecular weight is 265 g/mol. The van der Waals surface area contributed by atoms with Crippen molar-refractivity contribution >= 4 is 27.3 Å². The molecule has 0 atom stereocenters. The number of benzene rings is 1. The van der Waals surface area contributed by atoms with Crippen LogP contribution in [0.15, 0.2) is 16.6 Å². The molecule has 8 heteroatoms. The molecule has 0 saturated carbocycles. The van der Waals surface area contributed by atoms with E-state index in [9.17, 15) is 24.6 Å². The van der Waals surface area contributed by atoms with Gasteiger partial charge in [-0.2, -0.15) is 4.39 Å². The van der Waals surface area contributed by atoms with Crippen molar-refractivity contribution in [3.05, 3.63) is 42.7 Å². The molecule has 0 aliphatic rings. The van der Waals surface area contributed by atoms with Crippen molar-refractivity contribution in [2.75, 3.05) is 0 Å². The lowest BCUT2D eigenvalue weighted by Crippen LogP contribution is -1.98. The summed E-state index contributed by atoms with van der Waals surface area (Å²) in [6, 6.07) is 1.73. The largest absolute Gasteiger partial charge is 0.313 e. The Morgan fingerprint density at radius 3 is 1.79 bits per heavy atom. The van der Waals surface area contributed by atoms with Crippen molar-refractivity contribution < 1.29 is 14.2 Å².